The normalized spacial score (nSPS) is 31.9. The van der Waals surface area contributed by atoms with Crippen molar-refractivity contribution in [1.82, 2.24) is 0 Å². The summed E-state index contributed by atoms with van der Waals surface area (Å²) in [7, 11) is 0. The van der Waals surface area contributed by atoms with Crippen LogP contribution < -0.4 is 0 Å². The first-order chi connectivity index (χ1) is 4.58. The minimum atomic E-state index is -0.557. The van der Waals surface area contributed by atoms with Gasteiger partial charge in [0.25, 0.3) is 0 Å². The van der Waals surface area contributed by atoms with Crippen molar-refractivity contribution in [1.29, 1.82) is 0 Å². The van der Waals surface area contributed by atoms with Crippen molar-refractivity contribution in [3.63, 3.8) is 0 Å². The fourth-order valence-corrected chi connectivity index (χ4v) is 1.06. The van der Waals surface area contributed by atoms with Gasteiger partial charge in [0.15, 0.2) is 0 Å². The average Bonchev–Trinajstić information content (AvgIpc) is 2.09. The van der Waals surface area contributed by atoms with Crippen molar-refractivity contribution in [3.05, 3.63) is 11.1 Å². The van der Waals surface area contributed by atoms with Gasteiger partial charge in [0, 0.05) is 6.08 Å². The highest BCUT2D eigenvalue weighted by Gasteiger charge is 2.35. The Morgan fingerprint density at radius 1 is 1.80 bits per heavy atom. The lowest BCUT2D eigenvalue weighted by Crippen LogP contribution is -2.24. The van der Waals surface area contributed by atoms with E-state index >= 15 is 0 Å². The maximum absolute atomic E-state index is 10.6. The van der Waals surface area contributed by atoms with Crippen molar-refractivity contribution in [3.8, 4) is 0 Å². The minimum Gasteiger partial charge on any atom is -0.450 e. The van der Waals surface area contributed by atoms with E-state index < -0.39 is 5.60 Å². The maximum atomic E-state index is 10.6. The molecule has 56 valence electrons. The molecule has 0 aromatic rings. The zero-order valence-electron chi connectivity index (χ0n) is 5.98. The second-order valence-corrected chi connectivity index (χ2v) is 2.90. The molecule has 0 amide bonds. The molecular weight excluding hydrogens is 152 g/mol. The molecule has 0 saturated carbocycles. The predicted octanol–water partition coefficient (Wildman–Crippen LogP) is 1.83. The molecule has 0 aromatic heterocycles. The molecule has 0 aromatic carbocycles. The van der Waals surface area contributed by atoms with E-state index in [9.17, 15) is 4.79 Å². The predicted molar refractivity (Wildman–Crippen MR) is 38.7 cm³/mol. The molecule has 1 heterocycles. The van der Waals surface area contributed by atoms with Crippen LogP contribution in [0, 0.1) is 0 Å². The third-order valence-corrected chi connectivity index (χ3v) is 2.26. The summed E-state index contributed by atoms with van der Waals surface area (Å²) < 4.78 is 4.95. The highest BCUT2D eigenvalue weighted by molar-refractivity contribution is 6.32. The third kappa shape index (κ3) is 1.03. The highest BCUT2D eigenvalue weighted by Crippen LogP contribution is 2.33. The monoisotopic (exact) mass is 160 g/mol. The van der Waals surface area contributed by atoms with Gasteiger partial charge in [-0.25, -0.2) is 4.79 Å². The molecule has 1 aliphatic rings. The van der Waals surface area contributed by atoms with Crippen LogP contribution in [0.3, 0.4) is 0 Å². The van der Waals surface area contributed by atoms with E-state index in [4.69, 9.17) is 16.3 Å². The van der Waals surface area contributed by atoms with Crippen molar-refractivity contribution < 1.29 is 9.53 Å². The van der Waals surface area contributed by atoms with E-state index in [0.717, 1.165) is 0 Å². The van der Waals surface area contributed by atoms with Crippen LogP contribution in [-0.2, 0) is 9.53 Å². The molecule has 1 rings (SSSR count). The fourth-order valence-electron chi connectivity index (χ4n) is 0.797. The second kappa shape index (κ2) is 2.27. The summed E-state index contributed by atoms with van der Waals surface area (Å²) in [5, 5.41) is 0.500. The molecule has 0 spiro atoms. The van der Waals surface area contributed by atoms with Crippen LogP contribution in [-0.4, -0.2) is 11.6 Å². The Bertz CT molecular complexity index is 198. The van der Waals surface area contributed by atoms with Gasteiger partial charge in [-0.1, -0.05) is 18.5 Å². The van der Waals surface area contributed by atoms with Crippen LogP contribution in [0.4, 0.5) is 0 Å². The first-order valence-corrected chi connectivity index (χ1v) is 3.57. The molecule has 0 bridgehead atoms. The zero-order chi connectivity index (χ0) is 7.78. The number of carbonyl (C=O) groups excluding carboxylic acids is 1. The molecule has 0 fully saturated rings. The van der Waals surface area contributed by atoms with E-state index in [1.54, 1.807) is 6.92 Å². The largest absolute Gasteiger partial charge is 0.450 e. The number of cyclic esters (lactones) is 1. The van der Waals surface area contributed by atoms with Gasteiger partial charge in [0.1, 0.15) is 5.60 Å². The first kappa shape index (κ1) is 7.61. The summed E-state index contributed by atoms with van der Waals surface area (Å²) in [5.41, 5.74) is -0.557. The molecule has 0 radical (unpaired) electrons. The van der Waals surface area contributed by atoms with Crippen molar-refractivity contribution >= 4 is 17.6 Å². The molecule has 3 heteroatoms. The number of carbonyl (C=O) groups is 1. The Morgan fingerprint density at radius 2 is 2.40 bits per heavy atom. The number of rotatable bonds is 1. The lowest BCUT2D eigenvalue weighted by atomic mass is 10.0. The summed E-state index contributed by atoms with van der Waals surface area (Å²) in [5.74, 6) is -0.339. The van der Waals surface area contributed by atoms with E-state index in [1.807, 2.05) is 6.92 Å². The Labute approximate surface area is 64.8 Å². The van der Waals surface area contributed by atoms with Gasteiger partial charge >= 0.3 is 5.97 Å². The average molecular weight is 161 g/mol. The standard InChI is InChI=1S/C7H9ClO2/c1-3-7(2)5(8)4-6(9)10-7/h4H,3H2,1-2H3. The Balaban J connectivity index is 2.86. The van der Waals surface area contributed by atoms with Crippen molar-refractivity contribution in [2.45, 2.75) is 25.9 Å². The first-order valence-electron chi connectivity index (χ1n) is 3.19. The summed E-state index contributed by atoms with van der Waals surface area (Å²) in [4.78, 5) is 10.6. The summed E-state index contributed by atoms with van der Waals surface area (Å²) >= 11 is 5.73. The molecule has 0 saturated heterocycles. The molecule has 2 nitrogen and oxygen atoms in total. The van der Waals surface area contributed by atoms with Crippen molar-refractivity contribution in [2.75, 3.05) is 0 Å². The number of hydrogen-bond donors (Lipinski definition) is 0. The van der Waals surface area contributed by atoms with Gasteiger partial charge in [0.05, 0.1) is 5.03 Å². The minimum absolute atomic E-state index is 0.339. The van der Waals surface area contributed by atoms with Gasteiger partial charge in [-0.3, -0.25) is 0 Å². The van der Waals surface area contributed by atoms with Crippen LogP contribution in [0.2, 0.25) is 0 Å². The topological polar surface area (TPSA) is 26.3 Å². The van der Waals surface area contributed by atoms with Crippen LogP contribution in [0.1, 0.15) is 20.3 Å². The molecule has 1 atom stereocenters. The lowest BCUT2D eigenvalue weighted by Gasteiger charge is -2.20. The Kier molecular flexibility index (Phi) is 1.73. The van der Waals surface area contributed by atoms with Crippen LogP contribution in [0.25, 0.3) is 0 Å². The number of esters is 1. The SMILES string of the molecule is CCC1(C)OC(=O)C=C1Cl. The van der Waals surface area contributed by atoms with Gasteiger partial charge in [-0.15, -0.1) is 0 Å². The molecule has 1 unspecified atom stereocenters. The smallest absolute Gasteiger partial charge is 0.332 e. The van der Waals surface area contributed by atoms with Gasteiger partial charge in [-0.05, 0) is 13.3 Å². The van der Waals surface area contributed by atoms with E-state index in [0.29, 0.717) is 11.5 Å². The summed E-state index contributed by atoms with van der Waals surface area (Å²) in [6, 6.07) is 0. The zero-order valence-corrected chi connectivity index (χ0v) is 6.73. The molecule has 0 N–H and O–H groups in total. The lowest BCUT2D eigenvalue weighted by molar-refractivity contribution is -0.144. The molecule has 10 heavy (non-hydrogen) atoms. The molecule has 0 aliphatic carbocycles. The Morgan fingerprint density at radius 3 is 2.60 bits per heavy atom. The fraction of sp³-hybridized carbons (Fsp3) is 0.571. The van der Waals surface area contributed by atoms with E-state index in [-0.39, 0.29) is 5.97 Å². The number of halogens is 1. The van der Waals surface area contributed by atoms with E-state index in [1.165, 1.54) is 6.08 Å². The van der Waals surface area contributed by atoms with E-state index in [2.05, 4.69) is 0 Å². The summed E-state index contributed by atoms with van der Waals surface area (Å²) in [6.07, 6.45) is 2.04. The number of ether oxygens (including phenoxy) is 1. The Hall–Kier alpha value is -0.500. The highest BCUT2D eigenvalue weighted by atomic mass is 35.5. The van der Waals surface area contributed by atoms with Gasteiger partial charge in [-0.2, -0.15) is 0 Å². The quantitative estimate of drug-likeness (QED) is 0.547. The van der Waals surface area contributed by atoms with Crippen molar-refractivity contribution in [2.24, 2.45) is 0 Å². The molecular formula is C7H9ClO2. The number of hydrogen-bond acceptors (Lipinski definition) is 2. The van der Waals surface area contributed by atoms with Crippen LogP contribution >= 0.6 is 11.6 Å². The van der Waals surface area contributed by atoms with Crippen LogP contribution in [0.5, 0.6) is 0 Å². The van der Waals surface area contributed by atoms with Gasteiger partial charge < -0.3 is 4.74 Å². The second-order valence-electron chi connectivity index (χ2n) is 2.50. The third-order valence-electron chi connectivity index (χ3n) is 1.75. The molecule has 1 aliphatic heterocycles. The van der Waals surface area contributed by atoms with Crippen LogP contribution in [0.15, 0.2) is 11.1 Å². The summed E-state index contributed by atoms with van der Waals surface area (Å²) in [6.45, 7) is 3.73. The maximum Gasteiger partial charge on any atom is 0.332 e. The van der Waals surface area contributed by atoms with Gasteiger partial charge in [0.2, 0.25) is 0 Å².